The number of benzene rings is 6. The number of rotatable bonds is 5. The van der Waals surface area contributed by atoms with Crippen LogP contribution in [0.1, 0.15) is 38.9 Å². The van der Waals surface area contributed by atoms with Crippen LogP contribution in [0.5, 0.6) is 11.5 Å². The van der Waals surface area contributed by atoms with Crippen molar-refractivity contribution in [3.63, 3.8) is 0 Å². The van der Waals surface area contributed by atoms with Gasteiger partial charge in [-0.2, -0.15) is 0 Å². The summed E-state index contributed by atoms with van der Waals surface area (Å²) < 4.78 is 11.3. The van der Waals surface area contributed by atoms with E-state index in [1.54, 1.807) is 0 Å². The van der Waals surface area contributed by atoms with E-state index in [4.69, 9.17) is 19.7 Å². The minimum atomic E-state index is -0.574. The first kappa shape index (κ1) is 33.6. The van der Waals surface area contributed by atoms with Crippen LogP contribution in [-0.2, 0) is 5.41 Å². The lowest BCUT2D eigenvalue weighted by Crippen LogP contribution is -2.35. The maximum Gasteiger partial charge on any atom is 0.147 e. The van der Waals surface area contributed by atoms with Crippen LogP contribution in [0.15, 0.2) is 170 Å². The highest BCUT2D eigenvalue weighted by Crippen LogP contribution is 2.54. The molecule has 6 aromatic carbocycles. The molecule has 11 aromatic rings. The molecular weight excluding hydrogens is 723 g/mol. The van der Waals surface area contributed by atoms with Gasteiger partial charge in [0.1, 0.15) is 28.6 Å². The van der Waals surface area contributed by atoms with Gasteiger partial charge in [-0.05, 0) is 103 Å². The molecule has 59 heavy (non-hydrogen) atoms. The van der Waals surface area contributed by atoms with E-state index in [0.29, 0.717) is 0 Å². The topological polar surface area (TPSA) is 57.2 Å². The first-order valence-electron chi connectivity index (χ1n) is 20.1. The highest BCUT2D eigenvalue weighted by atomic mass is 16.5. The average molecular weight is 760 g/mol. The van der Waals surface area contributed by atoms with Crippen LogP contribution in [-0.4, -0.2) is 23.9 Å². The number of pyridine rings is 3. The van der Waals surface area contributed by atoms with Crippen LogP contribution in [0.4, 0.5) is 0 Å². The molecule has 0 saturated heterocycles. The van der Waals surface area contributed by atoms with Crippen LogP contribution < -0.4 is 4.74 Å². The molecule has 0 radical (unpaired) electrons. The van der Waals surface area contributed by atoms with Crippen molar-refractivity contribution in [1.82, 2.24) is 23.9 Å². The average Bonchev–Trinajstić information content (AvgIpc) is 3.85. The van der Waals surface area contributed by atoms with E-state index in [1.165, 1.54) is 38.8 Å². The van der Waals surface area contributed by atoms with Gasteiger partial charge in [0, 0.05) is 57.3 Å². The van der Waals surface area contributed by atoms with Gasteiger partial charge < -0.3 is 4.74 Å². The zero-order valence-corrected chi connectivity index (χ0v) is 32.8. The molecular formula is C53H37N5O. The largest absolute Gasteiger partial charge is 0.457 e. The van der Waals surface area contributed by atoms with Gasteiger partial charge in [0.25, 0.3) is 0 Å². The molecule has 0 spiro atoms. The Bertz CT molecular complexity index is 3450. The molecule has 1 aliphatic heterocycles. The first-order valence-corrected chi connectivity index (χ1v) is 20.1. The molecule has 6 heterocycles. The molecule has 0 fully saturated rings. The van der Waals surface area contributed by atoms with Crippen molar-refractivity contribution in [2.24, 2.45) is 0 Å². The molecule has 0 unspecified atom stereocenters. The second-order valence-electron chi connectivity index (χ2n) is 15.9. The van der Waals surface area contributed by atoms with Crippen molar-refractivity contribution >= 4 is 49.3 Å². The van der Waals surface area contributed by atoms with Crippen LogP contribution in [0.3, 0.4) is 0 Å². The SMILES string of the molecule is Cc1cc(C)c(-c2cn3c4ncccc4c4ccc(Oc5ccc6c7cccc8c7n(c6c5)-c5ncccc5C8(c5ccccc5)c5ccccc5)cc4c3n2)c(C)c1. The van der Waals surface area contributed by atoms with Gasteiger partial charge in [-0.25, -0.2) is 15.0 Å². The second kappa shape index (κ2) is 12.5. The van der Waals surface area contributed by atoms with Crippen LogP contribution in [0, 0.1) is 20.8 Å². The van der Waals surface area contributed by atoms with Gasteiger partial charge in [-0.3, -0.25) is 8.97 Å². The van der Waals surface area contributed by atoms with Gasteiger partial charge in [0.15, 0.2) is 0 Å². The molecule has 280 valence electrons. The Morgan fingerprint density at radius 3 is 1.95 bits per heavy atom. The number of nitrogens with zero attached hydrogens (tertiary/aromatic N) is 5. The minimum Gasteiger partial charge on any atom is -0.457 e. The lowest BCUT2D eigenvalue weighted by molar-refractivity contribution is 0.484. The molecule has 0 bridgehead atoms. The highest BCUT2D eigenvalue weighted by Gasteiger charge is 2.45. The highest BCUT2D eigenvalue weighted by molar-refractivity contribution is 6.13. The van der Waals surface area contributed by atoms with E-state index in [1.807, 2.05) is 18.5 Å². The molecule has 0 amide bonds. The normalized spacial score (nSPS) is 13.1. The Labute approximate surface area is 340 Å². The van der Waals surface area contributed by atoms with E-state index in [2.05, 4.69) is 182 Å². The molecule has 0 saturated carbocycles. The predicted octanol–water partition coefficient (Wildman–Crippen LogP) is 12.6. The number of aromatic nitrogens is 5. The van der Waals surface area contributed by atoms with Crippen molar-refractivity contribution in [2.75, 3.05) is 0 Å². The monoisotopic (exact) mass is 759 g/mol. The number of hydrogen-bond donors (Lipinski definition) is 0. The van der Waals surface area contributed by atoms with Gasteiger partial charge in [-0.15, -0.1) is 0 Å². The summed E-state index contributed by atoms with van der Waals surface area (Å²) in [6.07, 6.45) is 5.88. The van der Waals surface area contributed by atoms with Crippen LogP contribution >= 0.6 is 0 Å². The summed E-state index contributed by atoms with van der Waals surface area (Å²) in [6.45, 7) is 6.47. The molecule has 6 nitrogen and oxygen atoms in total. The number of ether oxygens (including phenoxy) is 1. The summed E-state index contributed by atoms with van der Waals surface area (Å²) in [5, 5.41) is 5.47. The van der Waals surface area contributed by atoms with E-state index in [9.17, 15) is 0 Å². The van der Waals surface area contributed by atoms with Gasteiger partial charge >= 0.3 is 0 Å². The molecule has 1 aliphatic rings. The second-order valence-corrected chi connectivity index (χ2v) is 15.9. The van der Waals surface area contributed by atoms with Gasteiger partial charge in [0.05, 0.1) is 22.1 Å². The fraction of sp³-hybridized carbons (Fsp3) is 0.0755. The molecule has 0 atom stereocenters. The number of fused-ring (bicyclic) bond motifs is 11. The van der Waals surface area contributed by atoms with E-state index in [-0.39, 0.29) is 0 Å². The molecule has 5 aromatic heterocycles. The van der Waals surface area contributed by atoms with Crippen molar-refractivity contribution in [3.8, 4) is 28.6 Å². The molecule has 0 aliphatic carbocycles. The van der Waals surface area contributed by atoms with E-state index >= 15 is 0 Å². The quantitative estimate of drug-likeness (QED) is 0.164. The summed E-state index contributed by atoms with van der Waals surface area (Å²) in [7, 11) is 0. The summed E-state index contributed by atoms with van der Waals surface area (Å²) in [4.78, 5) is 15.3. The Balaban J connectivity index is 1.05. The summed E-state index contributed by atoms with van der Waals surface area (Å²) in [5.41, 5.74) is 13.9. The number of imidazole rings is 1. The standard InChI is InChI=1S/C53H37N5O/c1-32-27-33(2)48(34(3)28-32)46-31-57-50-42(18-11-25-54-50)39-23-21-37(29-43(39)51(57)56-46)59-38-22-24-40-41-17-10-19-44-49(41)58(47(40)30-38)52-45(20-12-26-55-52)53(44,35-13-6-4-7-14-35)36-15-8-5-9-16-36/h4-31H,1-3H3. The van der Waals surface area contributed by atoms with Gasteiger partial charge in [0.2, 0.25) is 0 Å². The summed E-state index contributed by atoms with van der Waals surface area (Å²) in [6, 6.07) is 54.1. The molecule has 12 rings (SSSR count). The van der Waals surface area contributed by atoms with Crippen molar-refractivity contribution in [3.05, 3.63) is 209 Å². The summed E-state index contributed by atoms with van der Waals surface area (Å²) >= 11 is 0. The minimum absolute atomic E-state index is 0.574. The Kier molecular flexibility index (Phi) is 7.09. The third-order valence-electron chi connectivity index (χ3n) is 12.4. The zero-order valence-electron chi connectivity index (χ0n) is 32.8. The van der Waals surface area contributed by atoms with Crippen LogP contribution in [0.25, 0.3) is 66.3 Å². The Morgan fingerprint density at radius 2 is 1.19 bits per heavy atom. The zero-order chi connectivity index (χ0) is 39.4. The molecule has 0 N–H and O–H groups in total. The van der Waals surface area contributed by atoms with E-state index in [0.717, 1.165) is 78.0 Å². The van der Waals surface area contributed by atoms with Crippen molar-refractivity contribution < 1.29 is 4.74 Å². The molecule has 6 heteroatoms. The third-order valence-corrected chi connectivity index (χ3v) is 12.4. The van der Waals surface area contributed by atoms with Crippen LogP contribution in [0.2, 0.25) is 0 Å². The third kappa shape index (κ3) is 4.71. The van der Waals surface area contributed by atoms with E-state index < -0.39 is 5.41 Å². The Hall–Kier alpha value is -7.57. The van der Waals surface area contributed by atoms with Gasteiger partial charge in [-0.1, -0.05) is 103 Å². The maximum atomic E-state index is 6.82. The van der Waals surface area contributed by atoms with Crippen molar-refractivity contribution in [2.45, 2.75) is 26.2 Å². The lowest BCUT2D eigenvalue weighted by Gasteiger charge is -2.41. The Morgan fingerprint density at radius 1 is 0.525 bits per heavy atom. The number of hydrogen-bond acceptors (Lipinski definition) is 4. The first-order chi connectivity index (χ1) is 29.0. The maximum absolute atomic E-state index is 6.82. The number of para-hydroxylation sites is 1. The fourth-order valence-electron chi connectivity index (χ4n) is 10.2. The predicted molar refractivity (Wildman–Crippen MR) is 238 cm³/mol. The van der Waals surface area contributed by atoms with Crippen molar-refractivity contribution in [1.29, 1.82) is 0 Å². The smallest absolute Gasteiger partial charge is 0.147 e. The summed E-state index contributed by atoms with van der Waals surface area (Å²) in [5.74, 6) is 2.39. The lowest BCUT2D eigenvalue weighted by atomic mass is 9.63. The number of aryl methyl sites for hydroxylation is 3. The fourth-order valence-corrected chi connectivity index (χ4v) is 10.2.